The summed E-state index contributed by atoms with van der Waals surface area (Å²) in [6, 6.07) is 7.38. The molecular formula is C25H41NO6. The summed E-state index contributed by atoms with van der Waals surface area (Å²) in [6.07, 6.45) is 5.48. The van der Waals surface area contributed by atoms with Gasteiger partial charge in [-0.2, -0.15) is 0 Å². The molecule has 1 amide bonds. The van der Waals surface area contributed by atoms with Crippen molar-refractivity contribution in [1.29, 1.82) is 0 Å². The minimum absolute atomic E-state index is 0.149. The van der Waals surface area contributed by atoms with Crippen molar-refractivity contribution in [3.63, 3.8) is 0 Å². The third-order valence-corrected chi connectivity index (χ3v) is 4.96. The molecule has 0 radical (unpaired) electrons. The maximum absolute atomic E-state index is 12.2. The van der Waals surface area contributed by atoms with Crippen LogP contribution in [0.15, 0.2) is 24.3 Å². The Morgan fingerprint density at radius 2 is 1.62 bits per heavy atom. The van der Waals surface area contributed by atoms with E-state index in [4.69, 9.17) is 14.2 Å². The van der Waals surface area contributed by atoms with Crippen molar-refractivity contribution >= 4 is 12.1 Å². The molecule has 0 fully saturated rings. The second-order valence-electron chi connectivity index (χ2n) is 8.16. The standard InChI is InChI=1S/C25H41NO6/c1-5-7-8-9-10-16-26(25(29)30-6-2)17-11-18-31-22-14-12-21(13-15-22)19-23(24(27)28)32-20(3)4/h12-15,20,23H,5-11,16-19H2,1-4H3,(H,27,28). The molecule has 0 saturated heterocycles. The number of carboxylic acid groups (broad SMARTS) is 1. The molecule has 0 aliphatic rings. The van der Waals surface area contributed by atoms with Crippen molar-refractivity contribution in [2.45, 2.75) is 84.8 Å². The molecule has 1 atom stereocenters. The highest BCUT2D eigenvalue weighted by molar-refractivity contribution is 5.72. The predicted octanol–water partition coefficient (Wildman–Crippen LogP) is 5.31. The van der Waals surface area contributed by atoms with Crippen molar-refractivity contribution in [2.75, 3.05) is 26.3 Å². The molecule has 1 aromatic rings. The minimum atomic E-state index is -0.962. The summed E-state index contributed by atoms with van der Waals surface area (Å²) in [6.45, 7) is 9.81. The fraction of sp³-hybridized carbons (Fsp3) is 0.680. The highest BCUT2D eigenvalue weighted by Gasteiger charge is 2.20. The number of rotatable bonds is 17. The lowest BCUT2D eigenvalue weighted by atomic mass is 10.1. The van der Waals surface area contributed by atoms with Crippen LogP contribution in [-0.2, 0) is 20.7 Å². The largest absolute Gasteiger partial charge is 0.494 e. The van der Waals surface area contributed by atoms with Crippen LogP contribution in [-0.4, -0.2) is 60.6 Å². The summed E-state index contributed by atoms with van der Waals surface area (Å²) in [7, 11) is 0. The Kier molecular flexibility index (Phi) is 14.2. The molecule has 0 saturated carbocycles. The van der Waals surface area contributed by atoms with E-state index in [1.807, 2.05) is 45.0 Å². The molecule has 7 nitrogen and oxygen atoms in total. The van der Waals surface area contributed by atoms with Crippen LogP contribution < -0.4 is 4.74 Å². The summed E-state index contributed by atoms with van der Waals surface area (Å²) < 4.78 is 16.4. The highest BCUT2D eigenvalue weighted by atomic mass is 16.6. The van der Waals surface area contributed by atoms with Crippen molar-refractivity contribution in [3.8, 4) is 5.75 Å². The lowest BCUT2D eigenvalue weighted by Crippen LogP contribution is -2.34. The molecule has 1 unspecified atom stereocenters. The number of benzene rings is 1. The molecule has 32 heavy (non-hydrogen) atoms. The van der Waals surface area contributed by atoms with Crippen LogP contribution in [0.4, 0.5) is 4.79 Å². The van der Waals surface area contributed by atoms with Gasteiger partial charge in [0, 0.05) is 19.5 Å². The Morgan fingerprint density at radius 1 is 0.969 bits per heavy atom. The summed E-state index contributed by atoms with van der Waals surface area (Å²) >= 11 is 0. The Morgan fingerprint density at radius 3 is 2.22 bits per heavy atom. The van der Waals surface area contributed by atoms with Crippen LogP contribution in [0.2, 0.25) is 0 Å². The SMILES string of the molecule is CCCCCCCN(CCCOc1ccc(CC(OC(C)C)C(=O)O)cc1)C(=O)OCC. The second-order valence-corrected chi connectivity index (χ2v) is 8.16. The van der Waals surface area contributed by atoms with E-state index in [1.165, 1.54) is 19.3 Å². The van der Waals surface area contributed by atoms with Gasteiger partial charge in [-0.1, -0.05) is 44.7 Å². The van der Waals surface area contributed by atoms with E-state index in [0.29, 0.717) is 44.9 Å². The first-order valence-corrected chi connectivity index (χ1v) is 11.9. The van der Waals surface area contributed by atoms with E-state index in [2.05, 4.69) is 6.92 Å². The van der Waals surface area contributed by atoms with Crippen LogP contribution >= 0.6 is 0 Å². The molecule has 0 heterocycles. The van der Waals surface area contributed by atoms with Crippen molar-refractivity contribution < 1.29 is 28.9 Å². The number of hydrogen-bond acceptors (Lipinski definition) is 5. The van der Waals surface area contributed by atoms with E-state index >= 15 is 0 Å². The van der Waals surface area contributed by atoms with Gasteiger partial charge in [0.2, 0.25) is 0 Å². The van der Waals surface area contributed by atoms with Crippen LogP contribution in [0.3, 0.4) is 0 Å². The molecule has 1 N–H and O–H groups in total. The van der Waals surface area contributed by atoms with Gasteiger partial charge in [-0.3, -0.25) is 0 Å². The summed E-state index contributed by atoms with van der Waals surface area (Å²) in [5.74, 6) is -0.247. The van der Waals surface area contributed by atoms with E-state index in [0.717, 1.165) is 18.4 Å². The first-order valence-electron chi connectivity index (χ1n) is 11.9. The van der Waals surface area contributed by atoms with Gasteiger partial charge in [-0.15, -0.1) is 0 Å². The zero-order valence-electron chi connectivity index (χ0n) is 20.2. The topological polar surface area (TPSA) is 85.3 Å². The molecule has 7 heteroatoms. The van der Waals surface area contributed by atoms with E-state index in [1.54, 1.807) is 4.90 Å². The molecule has 0 aliphatic heterocycles. The highest BCUT2D eigenvalue weighted by Crippen LogP contribution is 2.16. The van der Waals surface area contributed by atoms with Crippen molar-refractivity contribution in [2.24, 2.45) is 0 Å². The van der Waals surface area contributed by atoms with E-state index < -0.39 is 12.1 Å². The molecule has 1 rings (SSSR count). The summed E-state index contributed by atoms with van der Waals surface area (Å²) in [5.41, 5.74) is 0.877. The Bertz CT molecular complexity index is 646. The lowest BCUT2D eigenvalue weighted by Gasteiger charge is -2.22. The number of hydrogen-bond donors (Lipinski definition) is 1. The predicted molar refractivity (Wildman–Crippen MR) is 125 cm³/mol. The van der Waals surface area contributed by atoms with Gasteiger partial charge in [-0.05, 0) is 51.3 Å². The quantitative estimate of drug-likeness (QED) is 0.323. The molecule has 1 aromatic carbocycles. The minimum Gasteiger partial charge on any atom is -0.494 e. The summed E-state index contributed by atoms with van der Waals surface area (Å²) in [4.78, 5) is 25.3. The maximum atomic E-state index is 12.2. The first-order chi connectivity index (χ1) is 15.4. The van der Waals surface area contributed by atoms with Gasteiger partial charge >= 0.3 is 12.1 Å². The molecular weight excluding hydrogens is 410 g/mol. The number of amides is 1. The Hall–Kier alpha value is -2.28. The first kappa shape index (κ1) is 27.8. The number of nitrogens with zero attached hydrogens (tertiary/aromatic N) is 1. The average Bonchev–Trinajstić information content (AvgIpc) is 2.75. The number of unbranched alkanes of at least 4 members (excludes halogenated alkanes) is 4. The van der Waals surface area contributed by atoms with E-state index in [-0.39, 0.29) is 12.2 Å². The fourth-order valence-corrected chi connectivity index (χ4v) is 3.32. The van der Waals surface area contributed by atoms with Crippen LogP contribution in [0.1, 0.15) is 71.8 Å². The van der Waals surface area contributed by atoms with Crippen molar-refractivity contribution in [1.82, 2.24) is 4.90 Å². The molecule has 182 valence electrons. The van der Waals surface area contributed by atoms with Gasteiger partial charge in [-0.25, -0.2) is 9.59 Å². The number of ether oxygens (including phenoxy) is 3. The van der Waals surface area contributed by atoms with Gasteiger partial charge in [0.15, 0.2) is 6.10 Å². The maximum Gasteiger partial charge on any atom is 0.409 e. The molecule has 0 spiro atoms. The number of aliphatic carboxylic acids is 1. The van der Waals surface area contributed by atoms with Gasteiger partial charge in [0.05, 0.1) is 19.3 Å². The zero-order chi connectivity index (χ0) is 23.8. The monoisotopic (exact) mass is 451 g/mol. The van der Waals surface area contributed by atoms with Gasteiger partial charge in [0.1, 0.15) is 5.75 Å². The zero-order valence-corrected chi connectivity index (χ0v) is 20.2. The summed E-state index contributed by atoms with van der Waals surface area (Å²) in [5, 5.41) is 9.30. The normalized spacial score (nSPS) is 11.9. The van der Waals surface area contributed by atoms with Gasteiger partial charge in [0.25, 0.3) is 0 Å². The smallest absolute Gasteiger partial charge is 0.409 e. The van der Waals surface area contributed by atoms with Crippen LogP contribution in [0.25, 0.3) is 0 Å². The second kappa shape index (κ2) is 16.4. The molecule has 0 aromatic heterocycles. The third-order valence-electron chi connectivity index (χ3n) is 4.96. The van der Waals surface area contributed by atoms with Crippen LogP contribution in [0.5, 0.6) is 5.75 Å². The average molecular weight is 452 g/mol. The third kappa shape index (κ3) is 11.9. The number of carbonyl (C=O) groups is 2. The molecule has 0 aliphatic carbocycles. The number of carbonyl (C=O) groups excluding carboxylic acids is 1. The fourth-order valence-electron chi connectivity index (χ4n) is 3.32. The Balaban J connectivity index is 2.44. The van der Waals surface area contributed by atoms with Gasteiger partial charge < -0.3 is 24.2 Å². The van der Waals surface area contributed by atoms with Crippen molar-refractivity contribution in [3.05, 3.63) is 29.8 Å². The number of carboxylic acids is 1. The van der Waals surface area contributed by atoms with E-state index in [9.17, 15) is 14.7 Å². The lowest BCUT2D eigenvalue weighted by molar-refractivity contribution is -0.153. The van der Waals surface area contributed by atoms with Crippen LogP contribution in [0, 0.1) is 0 Å². The molecule has 0 bridgehead atoms. The Labute approximate surface area is 193 Å².